The zero-order chi connectivity index (χ0) is 13.0. The third kappa shape index (κ3) is 14.4. The summed E-state index contributed by atoms with van der Waals surface area (Å²) < 4.78 is 0. The number of hydrogen-bond donors (Lipinski definition) is 2. The molecule has 0 heterocycles. The first-order chi connectivity index (χ1) is 7.45. The van der Waals surface area contributed by atoms with Crippen LogP contribution in [0, 0.1) is 0 Å². The van der Waals surface area contributed by atoms with Gasteiger partial charge >= 0.3 is 11.9 Å². The standard InChI is InChI=1S/2C6H8O2/c1-3-4-5(2)6(7)8;1-2-3-4-5-6(7)8/h3H,1-2,4H2,(H,7,8);2-5H,1H3,(H,7,8)/b;3-2+,5-4+. The van der Waals surface area contributed by atoms with Crippen molar-refractivity contribution in [3.8, 4) is 0 Å². The molecule has 0 saturated carbocycles. The fraction of sp³-hybridized carbons (Fsp3) is 0.167. The lowest BCUT2D eigenvalue weighted by molar-refractivity contribution is -0.133. The highest BCUT2D eigenvalue weighted by atomic mass is 16.4. The fourth-order valence-corrected chi connectivity index (χ4v) is 0.511. The van der Waals surface area contributed by atoms with Crippen molar-refractivity contribution >= 4 is 11.9 Å². The van der Waals surface area contributed by atoms with Gasteiger partial charge in [0.1, 0.15) is 0 Å². The molecule has 0 saturated heterocycles. The SMILES string of the molecule is C/C=C/C=C/C(=O)O.C=CCC(=C)C(=O)O. The van der Waals surface area contributed by atoms with E-state index >= 15 is 0 Å². The molecular weight excluding hydrogens is 208 g/mol. The van der Waals surface area contributed by atoms with E-state index in [9.17, 15) is 9.59 Å². The van der Waals surface area contributed by atoms with Crippen molar-refractivity contribution in [1.29, 1.82) is 0 Å². The van der Waals surface area contributed by atoms with Gasteiger partial charge in [0.25, 0.3) is 0 Å². The number of carboxylic acids is 2. The van der Waals surface area contributed by atoms with Crippen LogP contribution < -0.4 is 0 Å². The molecule has 0 bridgehead atoms. The summed E-state index contributed by atoms with van der Waals surface area (Å²) in [5.41, 5.74) is 0.181. The average molecular weight is 224 g/mol. The molecule has 4 heteroatoms. The maximum Gasteiger partial charge on any atom is 0.331 e. The van der Waals surface area contributed by atoms with Crippen LogP contribution in [-0.2, 0) is 9.59 Å². The van der Waals surface area contributed by atoms with Crippen LogP contribution in [0.2, 0.25) is 0 Å². The highest BCUT2D eigenvalue weighted by molar-refractivity contribution is 5.85. The lowest BCUT2D eigenvalue weighted by Gasteiger charge is -1.89. The van der Waals surface area contributed by atoms with Crippen LogP contribution >= 0.6 is 0 Å². The van der Waals surface area contributed by atoms with Crippen LogP contribution in [0.15, 0.2) is 49.1 Å². The van der Waals surface area contributed by atoms with Crippen LogP contribution in [0.25, 0.3) is 0 Å². The molecular formula is C12H16O4. The molecule has 0 aliphatic carbocycles. The minimum Gasteiger partial charge on any atom is -0.478 e. The Morgan fingerprint density at radius 3 is 2.06 bits per heavy atom. The van der Waals surface area contributed by atoms with E-state index in [-0.39, 0.29) is 5.57 Å². The lowest BCUT2D eigenvalue weighted by Crippen LogP contribution is -1.96. The van der Waals surface area contributed by atoms with Gasteiger partial charge in [-0.25, -0.2) is 9.59 Å². The summed E-state index contributed by atoms with van der Waals surface area (Å²) in [6, 6.07) is 0. The molecule has 2 N–H and O–H groups in total. The van der Waals surface area contributed by atoms with Gasteiger partial charge in [-0.1, -0.05) is 30.9 Å². The number of allylic oxidation sites excluding steroid dienone is 4. The van der Waals surface area contributed by atoms with Gasteiger partial charge < -0.3 is 10.2 Å². The number of rotatable bonds is 5. The summed E-state index contributed by atoms with van der Waals surface area (Å²) in [6.45, 7) is 8.46. The van der Waals surface area contributed by atoms with E-state index in [1.54, 1.807) is 12.2 Å². The van der Waals surface area contributed by atoms with Crippen LogP contribution in [0.3, 0.4) is 0 Å². The Balaban J connectivity index is 0. The minimum atomic E-state index is -0.954. The van der Waals surface area contributed by atoms with E-state index in [0.29, 0.717) is 6.42 Å². The van der Waals surface area contributed by atoms with E-state index < -0.39 is 11.9 Å². The number of carbonyl (C=O) groups is 2. The molecule has 0 aliphatic rings. The van der Waals surface area contributed by atoms with Crippen molar-refractivity contribution in [3.63, 3.8) is 0 Å². The second kappa shape index (κ2) is 11.0. The summed E-state index contributed by atoms with van der Waals surface area (Å²) in [6.07, 6.45) is 7.85. The highest BCUT2D eigenvalue weighted by Gasteiger charge is 1.97. The molecule has 16 heavy (non-hydrogen) atoms. The van der Waals surface area contributed by atoms with Gasteiger partial charge in [-0.05, 0) is 13.3 Å². The molecule has 0 rings (SSSR count). The predicted octanol–water partition coefficient (Wildman–Crippen LogP) is 2.41. The largest absolute Gasteiger partial charge is 0.478 e. The van der Waals surface area contributed by atoms with Crippen LogP contribution in [0.1, 0.15) is 13.3 Å². The molecule has 0 aliphatic heterocycles. The van der Waals surface area contributed by atoms with E-state index in [1.807, 2.05) is 6.92 Å². The summed E-state index contributed by atoms with van der Waals surface area (Å²) in [5.74, 6) is -1.87. The van der Waals surface area contributed by atoms with Gasteiger partial charge in [0.2, 0.25) is 0 Å². The Labute approximate surface area is 94.9 Å². The molecule has 0 aromatic carbocycles. The molecule has 0 atom stereocenters. The van der Waals surface area contributed by atoms with Crippen LogP contribution in [-0.4, -0.2) is 22.2 Å². The third-order valence-corrected chi connectivity index (χ3v) is 1.24. The molecule has 0 spiro atoms. The second-order valence-corrected chi connectivity index (χ2v) is 2.62. The third-order valence-electron chi connectivity index (χ3n) is 1.24. The Kier molecular flexibility index (Phi) is 11.2. The monoisotopic (exact) mass is 224 g/mol. The van der Waals surface area contributed by atoms with Crippen molar-refractivity contribution in [1.82, 2.24) is 0 Å². The fourth-order valence-electron chi connectivity index (χ4n) is 0.511. The number of carboxylic acid groups (broad SMARTS) is 2. The topological polar surface area (TPSA) is 74.6 Å². The maximum absolute atomic E-state index is 9.94. The predicted molar refractivity (Wildman–Crippen MR) is 63.2 cm³/mol. The Morgan fingerprint density at radius 1 is 1.25 bits per heavy atom. The van der Waals surface area contributed by atoms with E-state index in [1.165, 1.54) is 12.2 Å². The van der Waals surface area contributed by atoms with Crippen molar-refractivity contribution in [2.24, 2.45) is 0 Å². The van der Waals surface area contributed by atoms with Gasteiger partial charge in [0.15, 0.2) is 0 Å². The minimum absolute atomic E-state index is 0.181. The Bertz CT molecular complexity index is 311. The first-order valence-corrected chi connectivity index (χ1v) is 4.50. The van der Waals surface area contributed by atoms with Gasteiger partial charge in [0, 0.05) is 11.6 Å². The molecule has 0 aromatic heterocycles. The van der Waals surface area contributed by atoms with Crippen molar-refractivity contribution in [2.75, 3.05) is 0 Å². The van der Waals surface area contributed by atoms with E-state index in [0.717, 1.165) is 6.08 Å². The van der Waals surface area contributed by atoms with E-state index in [4.69, 9.17) is 10.2 Å². The van der Waals surface area contributed by atoms with E-state index in [2.05, 4.69) is 13.2 Å². The molecule has 4 nitrogen and oxygen atoms in total. The Morgan fingerprint density at radius 2 is 1.81 bits per heavy atom. The maximum atomic E-state index is 9.94. The van der Waals surface area contributed by atoms with Crippen molar-refractivity contribution < 1.29 is 19.8 Å². The first-order valence-electron chi connectivity index (χ1n) is 4.50. The first kappa shape index (κ1) is 16.3. The zero-order valence-corrected chi connectivity index (χ0v) is 9.22. The molecule has 0 unspecified atom stereocenters. The number of aliphatic carboxylic acids is 2. The Hall–Kier alpha value is -2.10. The van der Waals surface area contributed by atoms with Crippen molar-refractivity contribution in [2.45, 2.75) is 13.3 Å². The van der Waals surface area contributed by atoms with Gasteiger partial charge in [-0.2, -0.15) is 0 Å². The molecule has 0 amide bonds. The summed E-state index contributed by atoms with van der Waals surface area (Å²) in [4.78, 5) is 19.7. The molecule has 88 valence electrons. The molecule has 0 aromatic rings. The quantitative estimate of drug-likeness (QED) is 0.427. The molecule has 0 fully saturated rings. The number of hydrogen-bond acceptors (Lipinski definition) is 2. The lowest BCUT2D eigenvalue weighted by atomic mass is 10.2. The van der Waals surface area contributed by atoms with Crippen LogP contribution in [0.5, 0.6) is 0 Å². The zero-order valence-electron chi connectivity index (χ0n) is 9.22. The average Bonchev–Trinajstić information content (AvgIpc) is 2.19. The second-order valence-electron chi connectivity index (χ2n) is 2.62. The summed E-state index contributed by atoms with van der Waals surface area (Å²) in [5, 5.41) is 16.2. The molecule has 0 radical (unpaired) electrons. The van der Waals surface area contributed by atoms with Gasteiger partial charge in [-0.3, -0.25) is 0 Å². The van der Waals surface area contributed by atoms with Gasteiger partial charge in [0.05, 0.1) is 0 Å². The summed E-state index contributed by atoms with van der Waals surface area (Å²) >= 11 is 0. The highest BCUT2D eigenvalue weighted by Crippen LogP contribution is 1.95. The van der Waals surface area contributed by atoms with Crippen LogP contribution in [0.4, 0.5) is 0 Å². The normalized spacial score (nSPS) is 9.56. The smallest absolute Gasteiger partial charge is 0.331 e. The van der Waals surface area contributed by atoms with Crippen molar-refractivity contribution in [3.05, 3.63) is 49.1 Å². The van der Waals surface area contributed by atoms with Gasteiger partial charge in [-0.15, -0.1) is 6.58 Å². The summed E-state index contributed by atoms with van der Waals surface area (Å²) in [7, 11) is 0.